The minimum atomic E-state index is -0.983. The number of benzene rings is 2. The molecule has 0 aliphatic rings. The second-order valence-electron chi connectivity index (χ2n) is 4.85. The molecule has 2 atom stereocenters. The van der Waals surface area contributed by atoms with E-state index in [1.54, 1.807) is 0 Å². The summed E-state index contributed by atoms with van der Waals surface area (Å²) in [5.74, 6) is 0.598. The van der Waals surface area contributed by atoms with Gasteiger partial charge in [0.1, 0.15) is 0 Å². The smallest absolute Gasteiger partial charge is 0.0548 e. The van der Waals surface area contributed by atoms with Gasteiger partial charge in [-0.15, -0.1) is 0 Å². The molecule has 0 amide bonds. The first-order chi connectivity index (χ1) is 9.70. The molecular weight excluding hydrogens is 266 g/mol. The molecule has 0 heterocycles. The number of hydrogen-bond acceptors (Lipinski definition) is 2. The molecule has 2 rings (SSSR count). The van der Waals surface area contributed by atoms with Crippen LogP contribution < -0.4 is 5.32 Å². The first-order valence-electron chi connectivity index (χ1n) is 6.94. The van der Waals surface area contributed by atoms with E-state index in [2.05, 4.69) is 43.4 Å². The van der Waals surface area contributed by atoms with Crippen LogP contribution in [0.1, 0.15) is 24.1 Å². The summed E-state index contributed by atoms with van der Waals surface area (Å²) in [4.78, 5) is 0.891. The zero-order chi connectivity index (χ0) is 14.4. The Hall–Kier alpha value is -1.45. The van der Waals surface area contributed by atoms with E-state index in [0.29, 0.717) is 5.75 Å². The van der Waals surface area contributed by atoms with Gasteiger partial charge in [-0.3, -0.25) is 4.21 Å². The van der Waals surface area contributed by atoms with Gasteiger partial charge in [0.25, 0.3) is 0 Å². The van der Waals surface area contributed by atoms with Crippen molar-refractivity contribution in [1.82, 2.24) is 5.32 Å². The van der Waals surface area contributed by atoms with Crippen LogP contribution in [0.3, 0.4) is 0 Å². The molecule has 0 radical (unpaired) electrons. The third-order valence-corrected chi connectivity index (χ3v) is 4.69. The highest BCUT2D eigenvalue weighted by Gasteiger charge is 2.15. The fraction of sp³-hybridized carbons (Fsp3) is 0.294. The molecule has 20 heavy (non-hydrogen) atoms. The number of hydrogen-bond donors (Lipinski definition) is 1. The second-order valence-corrected chi connectivity index (χ2v) is 6.34. The molecule has 0 saturated heterocycles. The third-order valence-electron chi connectivity index (χ3n) is 3.25. The van der Waals surface area contributed by atoms with Gasteiger partial charge in [0.05, 0.1) is 10.8 Å². The molecule has 0 aliphatic carbocycles. The summed E-state index contributed by atoms with van der Waals surface area (Å²) in [5.41, 5.74) is 2.44. The molecule has 0 saturated carbocycles. The molecule has 0 aliphatic heterocycles. The quantitative estimate of drug-likeness (QED) is 0.881. The standard InChI is InChI=1S/C17H21NOS/c1-3-18-17(15-11-9-14(2)10-12-15)13-20(19)16-7-5-4-6-8-16/h4-12,17-18H,3,13H2,1-2H3. The molecule has 0 spiro atoms. The van der Waals surface area contributed by atoms with Crippen molar-refractivity contribution in [3.63, 3.8) is 0 Å². The lowest BCUT2D eigenvalue weighted by Gasteiger charge is -2.18. The number of nitrogens with one attached hydrogen (secondary N) is 1. The normalized spacial score (nSPS) is 13.9. The van der Waals surface area contributed by atoms with E-state index in [4.69, 9.17) is 0 Å². The minimum absolute atomic E-state index is 0.127. The van der Waals surface area contributed by atoms with Gasteiger partial charge >= 0.3 is 0 Å². The fourth-order valence-electron chi connectivity index (χ4n) is 2.14. The average molecular weight is 287 g/mol. The summed E-state index contributed by atoms with van der Waals surface area (Å²) in [6, 6.07) is 18.2. The Balaban J connectivity index is 2.13. The first-order valence-corrected chi connectivity index (χ1v) is 8.26. The van der Waals surface area contributed by atoms with E-state index in [-0.39, 0.29) is 6.04 Å². The summed E-state index contributed by atoms with van der Waals surface area (Å²) >= 11 is 0. The summed E-state index contributed by atoms with van der Waals surface area (Å²) in [7, 11) is -0.983. The van der Waals surface area contributed by atoms with E-state index < -0.39 is 10.8 Å². The van der Waals surface area contributed by atoms with E-state index in [9.17, 15) is 4.21 Å². The minimum Gasteiger partial charge on any atom is -0.309 e. The van der Waals surface area contributed by atoms with Gasteiger partial charge in [0.2, 0.25) is 0 Å². The van der Waals surface area contributed by atoms with Crippen molar-refractivity contribution in [3.8, 4) is 0 Å². The van der Waals surface area contributed by atoms with Crippen LogP contribution in [-0.4, -0.2) is 16.5 Å². The Morgan fingerprint density at radius 3 is 2.30 bits per heavy atom. The van der Waals surface area contributed by atoms with Crippen LogP contribution in [0.4, 0.5) is 0 Å². The van der Waals surface area contributed by atoms with Gasteiger partial charge < -0.3 is 5.32 Å². The third kappa shape index (κ3) is 4.02. The predicted molar refractivity (Wildman–Crippen MR) is 85.3 cm³/mol. The Labute approximate surface area is 123 Å². The van der Waals surface area contributed by atoms with Crippen LogP contribution in [0.15, 0.2) is 59.5 Å². The van der Waals surface area contributed by atoms with Crippen molar-refractivity contribution in [1.29, 1.82) is 0 Å². The van der Waals surface area contributed by atoms with Crippen LogP contribution in [0.2, 0.25) is 0 Å². The van der Waals surface area contributed by atoms with Gasteiger partial charge in [-0.2, -0.15) is 0 Å². The number of aryl methyl sites for hydroxylation is 1. The second kappa shape index (κ2) is 7.36. The van der Waals surface area contributed by atoms with Gasteiger partial charge in [-0.05, 0) is 31.2 Å². The van der Waals surface area contributed by atoms with E-state index in [1.807, 2.05) is 30.3 Å². The molecular formula is C17H21NOS. The van der Waals surface area contributed by atoms with Gasteiger partial charge in [0.15, 0.2) is 0 Å². The van der Waals surface area contributed by atoms with Gasteiger partial charge in [-0.25, -0.2) is 0 Å². The zero-order valence-electron chi connectivity index (χ0n) is 12.0. The molecule has 0 aromatic heterocycles. The highest BCUT2D eigenvalue weighted by molar-refractivity contribution is 7.85. The molecule has 2 aromatic rings. The topological polar surface area (TPSA) is 29.1 Å². The van der Waals surface area contributed by atoms with E-state index in [1.165, 1.54) is 11.1 Å². The molecule has 0 fully saturated rings. The van der Waals surface area contributed by atoms with Crippen molar-refractivity contribution >= 4 is 10.8 Å². The average Bonchev–Trinajstić information content (AvgIpc) is 2.48. The van der Waals surface area contributed by atoms with Crippen LogP contribution in [0.25, 0.3) is 0 Å². The molecule has 1 N–H and O–H groups in total. The summed E-state index contributed by atoms with van der Waals surface area (Å²) in [5, 5.41) is 3.43. The van der Waals surface area contributed by atoms with Crippen molar-refractivity contribution in [2.45, 2.75) is 24.8 Å². The summed E-state index contributed by atoms with van der Waals surface area (Å²) in [6.07, 6.45) is 0. The van der Waals surface area contributed by atoms with Crippen LogP contribution in [0, 0.1) is 6.92 Å². The van der Waals surface area contributed by atoms with Crippen LogP contribution in [0.5, 0.6) is 0 Å². The summed E-state index contributed by atoms with van der Waals surface area (Å²) in [6.45, 7) is 5.02. The first kappa shape index (κ1) is 14.9. The lowest BCUT2D eigenvalue weighted by atomic mass is 10.1. The lowest BCUT2D eigenvalue weighted by molar-refractivity contribution is 0.594. The van der Waals surface area contributed by atoms with Crippen LogP contribution in [-0.2, 0) is 10.8 Å². The van der Waals surface area contributed by atoms with Crippen LogP contribution >= 0.6 is 0 Å². The Kier molecular flexibility index (Phi) is 5.50. The molecule has 2 aromatic carbocycles. The molecule has 2 unspecified atom stereocenters. The maximum absolute atomic E-state index is 12.4. The van der Waals surface area contributed by atoms with Crippen molar-refractivity contribution in [2.24, 2.45) is 0 Å². The van der Waals surface area contributed by atoms with E-state index >= 15 is 0 Å². The molecule has 3 heteroatoms. The maximum Gasteiger partial charge on any atom is 0.0548 e. The van der Waals surface area contributed by atoms with Gasteiger partial charge in [-0.1, -0.05) is 55.0 Å². The lowest BCUT2D eigenvalue weighted by Crippen LogP contribution is -2.26. The Morgan fingerprint density at radius 2 is 1.70 bits per heavy atom. The maximum atomic E-state index is 12.4. The molecule has 106 valence electrons. The highest BCUT2D eigenvalue weighted by Crippen LogP contribution is 2.18. The van der Waals surface area contributed by atoms with Crippen molar-refractivity contribution in [2.75, 3.05) is 12.3 Å². The Morgan fingerprint density at radius 1 is 1.05 bits per heavy atom. The largest absolute Gasteiger partial charge is 0.309 e. The molecule has 0 bridgehead atoms. The van der Waals surface area contributed by atoms with E-state index in [0.717, 1.165) is 11.4 Å². The van der Waals surface area contributed by atoms with Crippen molar-refractivity contribution < 1.29 is 4.21 Å². The SMILES string of the molecule is CCNC(CS(=O)c1ccccc1)c1ccc(C)cc1. The van der Waals surface area contributed by atoms with Gasteiger partial charge in [0, 0.05) is 16.7 Å². The summed E-state index contributed by atoms with van der Waals surface area (Å²) < 4.78 is 12.4. The fourth-order valence-corrected chi connectivity index (χ4v) is 3.40. The monoisotopic (exact) mass is 287 g/mol. The van der Waals surface area contributed by atoms with Crippen molar-refractivity contribution in [3.05, 3.63) is 65.7 Å². The predicted octanol–water partition coefficient (Wildman–Crippen LogP) is 3.45. The number of rotatable bonds is 6. The molecule has 2 nitrogen and oxygen atoms in total. The highest BCUT2D eigenvalue weighted by atomic mass is 32.2. The Bertz CT molecular complexity index is 551. The zero-order valence-corrected chi connectivity index (χ0v) is 12.8.